The van der Waals surface area contributed by atoms with Crippen molar-refractivity contribution in [3.63, 3.8) is 0 Å². The molecular weight excluding hydrogens is 419 g/mol. The van der Waals surface area contributed by atoms with E-state index in [2.05, 4.69) is 54.5 Å². The minimum absolute atomic E-state index is 1.21. The van der Waals surface area contributed by atoms with Gasteiger partial charge < -0.3 is 0 Å². The average Bonchev–Trinajstić information content (AvgIpc) is 3.16. The Morgan fingerprint density at radius 2 is 1.54 bits per heavy atom. The summed E-state index contributed by atoms with van der Waals surface area (Å²) in [4.78, 5) is 1.31. The predicted octanol–water partition coefficient (Wildman–Crippen LogP) is 6.26. The fourth-order valence-electron chi connectivity index (χ4n) is 3.68. The molecule has 0 aliphatic heterocycles. The van der Waals surface area contributed by atoms with Crippen LogP contribution in [-0.2, 0) is 0 Å². The number of unbranched alkanes of at least 4 members (excludes halogenated alkanes) is 3. The van der Waals surface area contributed by atoms with Crippen molar-refractivity contribution >= 4 is 33.3 Å². The molecule has 0 N–H and O–H groups in total. The molecule has 0 amide bonds. The van der Waals surface area contributed by atoms with E-state index in [1.807, 2.05) is 17.5 Å². The van der Waals surface area contributed by atoms with Crippen LogP contribution >= 0.6 is 11.3 Å². The molecule has 2 heterocycles. The van der Waals surface area contributed by atoms with E-state index in [1.165, 1.54) is 62.4 Å². The summed E-state index contributed by atoms with van der Waals surface area (Å²) in [6.07, 6.45) is 10.0. The Kier molecular flexibility index (Phi) is 8.74. The van der Waals surface area contributed by atoms with Crippen molar-refractivity contribution in [2.75, 3.05) is 0 Å². The van der Waals surface area contributed by atoms with E-state index < -0.39 is 18.4 Å². The van der Waals surface area contributed by atoms with Crippen LogP contribution in [0.1, 0.15) is 59.3 Å². The third kappa shape index (κ3) is 5.04. The molecule has 0 bridgehead atoms. The van der Waals surface area contributed by atoms with E-state index in [9.17, 15) is 0 Å². The van der Waals surface area contributed by atoms with E-state index >= 15 is 0 Å². The van der Waals surface area contributed by atoms with Crippen molar-refractivity contribution in [1.82, 2.24) is 10.2 Å². The predicted molar refractivity (Wildman–Crippen MR) is 110 cm³/mol. The van der Waals surface area contributed by atoms with Gasteiger partial charge in [-0.1, -0.05) is 0 Å². The molecule has 2 rings (SSSR count). The van der Waals surface area contributed by atoms with Gasteiger partial charge in [0.15, 0.2) is 0 Å². The Hall–Kier alpha value is -0.421. The van der Waals surface area contributed by atoms with Gasteiger partial charge in [0.25, 0.3) is 0 Å². The zero-order valence-electron chi connectivity index (χ0n) is 15.6. The fraction of sp³-hybridized carbons (Fsp3) is 0.600. The first-order chi connectivity index (χ1) is 11.8. The molecule has 0 saturated carbocycles. The number of aromatic nitrogens is 2. The third-order valence-corrected chi connectivity index (χ3v) is 21.6. The Bertz CT molecular complexity index is 561. The van der Waals surface area contributed by atoms with Gasteiger partial charge in [-0.05, 0) is 0 Å². The minimum atomic E-state index is -2.45. The van der Waals surface area contributed by atoms with E-state index in [0.29, 0.717) is 0 Å². The van der Waals surface area contributed by atoms with Crippen LogP contribution in [0, 0.1) is 0 Å². The Morgan fingerprint density at radius 3 is 2.04 bits per heavy atom. The molecule has 2 aromatic rings. The number of nitrogens with zero attached hydrogens (tertiary/aromatic N) is 2. The molecule has 0 fully saturated rings. The first kappa shape index (κ1) is 19.9. The van der Waals surface area contributed by atoms with Crippen molar-refractivity contribution in [3.8, 4) is 10.6 Å². The van der Waals surface area contributed by atoms with E-state index in [1.54, 1.807) is 3.58 Å². The van der Waals surface area contributed by atoms with Crippen LogP contribution in [0.3, 0.4) is 0 Å². The standard InChI is InChI=1S/C8H5N2S.3C4H9.Sn/c1-3-7(10-9-5-1)8-4-2-6-11-8;3*1-3-4-2;/h1-2,4-6H;3*1,3-4H2,2H3;. The molecule has 2 nitrogen and oxygen atoms in total. The molecule has 132 valence electrons. The summed E-state index contributed by atoms with van der Waals surface area (Å²) in [5.74, 6) is 0. The monoisotopic (exact) mass is 452 g/mol. The first-order valence-corrected chi connectivity index (χ1v) is 18.0. The van der Waals surface area contributed by atoms with Crippen molar-refractivity contribution < 1.29 is 0 Å². The zero-order chi connectivity index (χ0) is 17.3. The molecule has 0 saturated heterocycles. The van der Waals surface area contributed by atoms with Gasteiger partial charge in [0.1, 0.15) is 0 Å². The molecule has 0 unspecified atom stereocenters. The zero-order valence-corrected chi connectivity index (χ0v) is 19.2. The van der Waals surface area contributed by atoms with Crippen LogP contribution in [0.2, 0.25) is 13.3 Å². The van der Waals surface area contributed by atoms with Gasteiger partial charge in [-0.2, -0.15) is 0 Å². The summed E-state index contributed by atoms with van der Waals surface area (Å²) in [5, 5.41) is 11.0. The molecule has 4 heteroatoms. The van der Waals surface area contributed by atoms with Gasteiger partial charge in [-0.25, -0.2) is 0 Å². The maximum absolute atomic E-state index is 4.62. The molecule has 24 heavy (non-hydrogen) atoms. The van der Waals surface area contributed by atoms with Crippen LogP contribution in [0.4, 0.5) is 0 Å². The van der Waals surface area contributed by atoms with Gasteiger partial charge >= 0.3 is 156 Å². The van der Waals surface area contributed by atoms with Crippen LogP contribution in [0.15, 0.2) is 29.8 Å². The second-order valence-electron chi connectivity index (χ2n) is 6.86. The van der Waals surface area contributed by atoms with E-state index in [-0.39, 0.29) is 0 Å². The van der Waals surface area contributed by atoms with Crippen molar-refractivity contribution in [3.05, 3.63) is 29.8 Å². The Balaban J connectivity index is 2.48. The van der Waals surface area contributed by atoms with E-state index in [0.717, 1.165) is 0 Å². The van der Waals surface area contributed by atoms with Crippen LogP contribution in [0.5, 0.6) is 0 Å². The van der Waals surface area contributed by atoms with Gasteiger partial charge in [0.05, 0.1) is 0 Å². The molecule has 0 spiro atoms. The van der Waals surface area contributed by atoms with Crippen molar-refractivity contribution in [1.29, 1.82) is 0 Å². The normalized spacial score (nSPS) is 11.8. The van der Waals surface area contributed by atoms with Gasteiger partial charge in [0, 0.05) is 0 Å². The molecule has 0 atom stereocenters. The van der Waals surface area contributed by atoms with E-state index in [4.69, 9.17) is 0 Å². The number of hydrogen-bond donors (Lipinski definition) is 0. The molecule has 0 radical (unpaired) electrons. The number of thiophene rings is 1. The van der Waals surface area contributed by atoms with Gasteiger partial charge in [0.2, 0.25) is 0 Å². The average molecular weight is 451 g/mol. The summed E-state index contributed by atoms with van der Waals surface area (Å²) in [6, 6.07) is 6.70. The Labute approximate surface area is 156 Å². The van der Waals surface area contributed by atoms with Gasteiger partial charge in [-0.3, -0.25) is 0 Å². The van der Waals surface area contributed by atoms with Crippen molar-refractivity contribution in [2.45, 2.75) is 72.6 Å². The second-order valence-corrected chi connectivity index (χ2v) is 20.9. The molecule has 0 aliphatic carbocycles. The third-order valence-electron chi connectivity index (χ3n) is 5.07. The SMILES string of the molecule is CCC[CH2][Sn]([CH2]CCC)([CH2]CCC)[c]1ccnnc1-c1cccs1. The molecule has 2 aromatic heterocycles. The van der Waals surface area contributed by atoms with Crippen molar-refractivity contribution in [2.24, 2.45) is 0 Å². The van der Waals surface area contributed by atoms with Crippen LogP contribution < -0.4 is 3.58 Å². The fourth-order valence-corrected chi connectivity index (χ4v) is 21.1. The first-order valence-electron chi connectivity index (χ1n) is 9.63. The van der Waals surface area contributed by atoms with Gasteiger partial charge in [-0.15, -0.1) is 0 Å². The second kappa shape index (κ2) is 10.5. The summed E-state index contributed by atoms with van der Waals surface area (Å²) >= 11 is -0.640. The van der Waals surface area contributed by atoms with Crippen LogP contribution in [0.25, 0.3) is 10.6 Å². The maximum atomic E-state index is 4.62. The summed E-state index contributed by atoms with van der Waals surface area (Å²) in [7, 11) is 0. The molecule has 0 aromatic carbocycles. The molecular formula is C20H32N2SSn. The topological polar surface area (TPSA) is 25.8 Å². The Morgan fingerprint density at radius 1 is 0.917 bits per heavy atom. The number of rotatable bonds is 11. The summed E-state index contributed by atoms with van der Waals surface area (Å²) < 4.78 is 6.09. The summed E-state index contributed by atoms with van der Waals surface area (Å²) in [6.45, 7) is 7.00. The van der Waals surface area contributed by atoms with Crippen LogP contribution in [-0.4, -0.2) is 28.6 Å². The number of hydrogen-bond acceptors (Lipinski definition) is 3. The quantitative estimate of drug-likeness (QED) is 0.377. The summed E-state index contributed by atoms with van der Waals surface area (Å²) in [5.41, 5.74) is 1.21. The molecule has 0 aliphatic rings.